The van der Waals surface area contributed by atoms with Gasteiger partial charge in [0.25, 0.3) is 5.91 Å². The Labute approximate surface area is 111 Å². The third-order valence-corrected chi connectivity index (χ3v) is 3.29. The van der Waals surface area contributed by atoms with Crippen molar-refractivity contribution in [3.63, 3.8) is 0 Å². The Hall–Kier alpha value is -2.05. The second-order valence-corrected chi connectivity index (χ2v) is 4.76. The Morgan fingerprint density at radius 1 is 1.21 bits per heavy atom. The number of nitrogens with two attached hydrogens (primary N) is 1. The van der Waals surface area contributed by atoms with E-state index in [4.69, 9.17) is 5.73 Å². The van der Waals surface area contributed by atoms with Gasteiger partial charge in [0.15, 0.2) is 5.69 Å². The van der Waals surface area contributed by atoms with Crippen LogP contribution in [0, 0.1) is 0 Å². The van der Waals surface area contributed by atoms with E-state index in [2.05, 4.69) is 5.10 Å². The predicted molar refractivity (Wildman–Crippen MR) is 70.4 cm³/mol. The Bertz CT molecular complexity index is 496. The molecule has 0 unspecified atom stereocenters. The lowest BCUT2D eigenvalue weighted by Crippen LogP contribution is -2.37. The quantitative estimate of drug-likeness (QED) is 0.755. The Kier molecular flexibility index (Phi) is 3.73. The lowest BCUT2D eigenvalue weighted by Gasteiger charge is -2.20. The number of hydrogen-bond acceptors (Lipinski definition) is 4. The summed E-state index contributed by atoms with van der Waals surface area (Å²) in [5.41, 5.74) is 6.45. The van der Waals surface area contributed by atoms with E-state index in [1.807, 2.05) is 0 Å². The van der Waals surface area contributed by atoms with Crippen molar-refractivity contribution in [2.45, 2.75) is 13.3 Å². The van der Waals surface area contributed by atoms with Gasteiger partial charge in [-0.25, -0.2) is 0 Å². The van der Waals surface area contributed by atoms with Crippen LogP contribution >= 0.6 is 0 Å². The number of carbonyl (C=O) groups is 2. The molecule has 104 valence electrons. The SMILES string of the molecule is CC(=O)N1CCCN(C(=O)c2nn(C)cc2N)CC1. The van der Waals surface area contributed by atoms with Gasteiger partial charge >= 0.3 is 0 Å². The molecule has 0 spiro atoms. The Morgan fingerprint density at radius 3 is 2.42 bits per heavy atom. The maximum atomic E-state index is 12.3. The fourth-order valence-electron chi connectivity index (χ4n) is 2.26. The predicted octanol–water partition coefficient (Wildman–Crippen LogP) is -0.303. The van der Waals surface area contributed by atoms with Crippen LogP contribution in [0.1, 0.15) is 23.8 Å². The topological polar surface area (TPSA) is 84.5 Å². The fraction of sp³-hybridized carbons (Fsp3) is 0.583. The van der Waals surface area contributed by atoms with E-state index in [1.54, 1.807) is 30.0 Å². The zero-order chi connectivity index (χ0) is 14.0. The van der Waals surface area contributed by atoms with Gasteiger partial charge in [0.05, 0.1) is 5.69 Å². The van der Waals surface area contributed by atoms with E-state index in [0.717, 1.165) is 6.42 Å². The molecule has 19 heavy (non-hydrogen) atoms. The summed E-state index contributed by atoms with van der Waals surface area (Å²) in [5.74, 6) is -0.116. The molecule has 1 fully saturated rings. The largest absolute Gasteiger partial charge is 0.396 e. The van der Waals surface area contributed by atoms with Crippen molar-refractivity contribution in [1.29, 1.82) is 0 Å². The summed E-state index contributed by atoms with van der Waals surface area (Å²) < 4.78 is 1.53. The third-order valence-electron chi connectivity index (χ3n) is 3.29. The van der Waals surface area contributed by atoms with Crippen molar-refractivity contribution in [2.24, 2.45) is 7.05 Å². The summed E-state index contributed by atoms with van der Waals surface area (Å²) in [6.07, 6.45) is 2.39. The first kappa shape index (κ1) is 13.4. The third kappa shape index (κ3) is 2.86. The number of carbonyl (C=O) groups excluding carboxylic acids is 2. The maximum Gasteiger partial charge on any atom is 0.276 e. The molecular formula is C12H19N5O2. The molecule has 2 heterocycles. The number of amides is 2. The zero-order valence-electron chi connectivity index (χ0n) is 11.3. The van der Waals surface area contributed by atoms with Gasteiger partial charge in [0.2, 0.25) is 5.91 Å². The summed E-state index contributed by atoms with van der Waals surface area (Å²) in [6.45, 7) is 3.95. The molecule has 1 aliphatic heterocycles. The standard InChI is InChI=1S/C12H19N5O2/c1-9(18)16-4-3-5-17(7-6-16)12(19)11-10(13)8-15(2)14-11/h8H,3-7,13H2,1-2H3. The van der Waals surface area contributed by atoms with Crippen molar-refractivity contribution in [2.75, 3.05) is 31.9 Å². The van der Waals surface area contributed by atoms with Crippen LogP contribution in [0.5, 0.6) is 0 Å². The van der Waals surface area contributed by atoms with Gasteiger partial charge in [-0.05, 0) is 6.42 Å². The lowest BCUT2D eigenvalue weighted by atomic mass is 10.3. The first-order valence-electron chi connectivity index (χ1n) is 6.33. The average molecular weight is 265 g/mol. The first-order valence-corrected chi connectivity index (χ1v) is 6.33. The van der Waals surface area contributed by atoms with Gasteiger partial charge in [-0.1, -0.05) is 0 Å². The molecule has 2 N–H and O–H groups in total. The molecule has 0 aliphatic carbocycles. The van der Waals surface area contributed by atoms with Crippen molar-refractivity contribution in [3.8, 4) is 0 Å². The molecule has 7 heteroatoms. The highest BCUT2D eigenvalue weighted by atomic mass is 16.2. The van der Waals surface area contributed by atoms with Crippen LogP contribution < -0.4 is 5.73 Å². The number of aryl methyl sites for hydroxylation is 1. The minimum absolute atomic E-state index is 0.0478. The molecule has 0 aromatic carbocycles. The fourth-order valence-corrected chi connectivity index (χ4v) is 2.26. The van der Waals surface area contributed by atoms with Crippen molar-refractivity contribution in [3.05, 3.63) is 11.9 Å². The number of anilines is 1. The highest BCUT2D eigenvalue weighted by Crippen LogP contribution is 2.13. The lowest BCUT2D eigenvalue weighted by molar-refractivity contribution is -0.128. The zero-order valence-corrected chi connectivity index (χ0v) is 11.3. The van der Waals surface area contributed by atoms with Crippen LogP contribution in [0.3, 0.4) is 0 Å². The van der Waals surface area contributed by atoms with Gasteiger partial charge in [-0.15, -0.1) is 0 Å². The normalized spacial score (nSPS) is 16.3. The first-order chi connectivity index (χ1) is 8.99. The molecule has 2 amide bonds. The van der Waals surface area contributed by atoms with E-state index in [-0.39, 0.29) is 11.8 Å². The van der Waals surface area contributed by atoms with Gasteiger partial charge in [0, 0.05) is 46.3 Å². The second-order valence-electron chi connectivity index (χ2n) is 4.76. The molecule has 1 aromatic heterocycles. The number of rotatable bonds is 1. The molecule has 1 aliphatic rings. The van der Waals surface area contributed by atoms with E-state index in [1.165, 1.54) is 4.68 Å². The van der Waals surface area contributed by atoms with Crippen molar-refractivity contribution in [1.82, 2.24) is 19.6 Å². The number of hydrogen-bond donors (Lipinski definition) is 1. The molecule has 0 atom stereocenters. The number of nitrogen functional groups attached to an aromatic ring is 1. The second kappa shape index (κ2) is 5.29. The summed E-state index contributed by atoms with van der Waals surface area (Å²) in [6, 6.07) is 0. The molecule has 1 saturated heterocycles. The van der Waals surface area contributed by atoms with Gasteiger partial charge in [-0.2, -0.15) is 5.10 Å². The number of nitrogens with zero attached hydrogens (tertiary/aromatic N) is 4. The molecule has 2 rings (SSSR count). The molecule has 0 bridgehead atoms. The van der Waals surface area contributed by atoms with Crippen LogP contribution in [-0.2, 0) is 11.8 Å². The number of aromatic nitrogens is 2. The van der Waals surface area contributed by atoms with Gasteiger partial charge < -0.3 is 15.5 Å². The van der Waals surface area contributed by atoms with Crippen molar-refractivity contribution < 1.29 is 9.59 Å². The molecule has 0 saturated carbocycles. The Morgan fingerprint density at radius 2 is 1.84 bits per heavy atom. The smallest absolute Gasteiger partial charge is 0.276 e. The van der Waals surface area contributed by atoms with Gasteiger partial charge in [-0.3, -0.25) is 14.3 Å². The Balaban J connectivity index is 2.08. The van der Waals surface area contributed by atoms with Crippen LogP contribution in [0.2, 0.25) is 0 Å². The van der Waals surface area contributed by atoms with Crippen LogP contribution in [0.15, 0.2) is 6.20 Å². The molecule has 7 nitrogen and oxygen atoms in total. The highest BCUT2D eigenvalue weighted by Gasteiger charge is 2.24. The van der Waals surface area contributed by atoms with E-state index < -0.39 is 0 Å². The van der Waals surface area contributed by atoms with E-state index in [0.29, 0.717) is 37.6 Å². The molecular weight excluding hydrogens is 246 g/mol. The summed E-state index contributed by atoms with van der Waals surface area (Å²) in [4.78, 5) is 27.1. The van der Waals surface area contributed by atoms with E-state index >= 15 is 0 Å². The summed E-state index contributed by atoms with van der Waals surface area (Å²) in [7, 11) is 1.73. The monoisotopic (exact) mass is 265 g/mol. The average Bonchev–Trinajstić information content (AvgIpc) is 2.57. The summed E-state index contributed by atoms with van der Waals surface area (Å²) in [5, 5.41) is 4.09. The van der Waals surface area contributed by atoms with Crippen LogP contribution in [0.4, 0.5) is 5.69 Å². The molecule has 1 aromatic rings. The van der Waals surface area contributed by atoms with Crippen LogP contribution in [0.25, 0.3) is 0 Å². The van der Waals surface area contributed by atoms with Gasteiger partial charge in [0.1, 0.15) is 0 Å². The van der Waals surface area contributed by atoms with E-state index in [9.17, 15) is 9.59 Å². The summed E-state index contributed by atoms with van der Waals surface area (Å²) >= 11 is 0. The van der Waals surface area contributed by atoms with Crippen molar-refractivity contribution >= 4 is 17.5 Å². The maximum absolute atomic E-state index is 12.3. The molecule has 0 radical (unpaired) electrons. The minimum Gasteiger partial charge on any atom is -0.396 e. The van der Waals surface area contributed by atoms with Crippen LogP contribution in [-0.4, -0.2) is 57.6 Å². The highest BCUT2D eigenvalue weighted by molar-refractivity contribution is 5.97. The minimum atomic E-state index is -0.163.